The fourth-order valence-electron chi connectivity index (χ4n) is 0.896. The highest BCUT2D eigenvalue weighted by Gasteiger charge is 2.18. The summed E-state index contributed by atoms with van der Waals surface area (Å²) in [6.07, 6.45) is -1.26. The van der Waals surface area contributed by atoms with Gasteiger partial charge in [-0.05, 0) is 18.6 Å². The van der Waals surface area contributed by atoms with E-state index in [2.05, 4.69) is 10.5 Å². The third-order valence-electron chi connectivity index (χ3n) is 1.55. The van der Waals surface area contributed by atoms with Gasteiger partial charge in [-0.2, -0.15) is 8.78 Å². The van der Waals surface area contributed by atoms with Gasteiger partial charge in [-0.15, -0.1) is 0 Å². The number of phenolic OH excluding ortho intramolecular Hbond substituents is 1. The molecule has 0 bridgehead atoms. The lowest BCUT2D eigenvalue weighted by Gasteiger charge is -2.06. The predicted molar refractivity (Wildman–Crippen MR) is 43.0 cm³/mol. The van der Waals surface area contributed by atoms with Gasteiger partial charge in [-0.25, -0.2) is 4.79 Å². The van der Waals surface area contributed by atoms with Crippen molar-refractivity contribution in [1.29, 1.82) is 0 Å². The van der Waals surface area contributed by atoms with Crippen LogP contribution in [0.3, 0.4) is 0 Å². The number of rotatable bonds is 1. The molecule has 3 N–H and O–H groups in total. The molecule has 0 aliphatic heterocycles. The number of amides is 1. The molecule has 0 atom stereocenters. The van der Waals surface area contributed by atoms with Crippen LogP contribution in [0.15, 0.2) is 6.07 Å². The topological polar surface area (TPSA) is 72.5 Å². The molecule has 0 unspecified atom stereocenters. The van der Waals surface area contributed by atoms with Gasteiger partial charge < -0.3 is 15.6 Å². The normalized spacial score (nSPS) is 9.93. The Morgan fingerprint density at radius 1 is 1.50 bits per heavy atom. The van der Waals surface area contributed by atoms with Crippen molar-refractivity contribution in [2.24, 2.45) is 5.73 Å². The Morgan fingerprint density at radius 2 is 2.07 bits per heavy atom. The van der Waals surface area contributed by atoms with E-state index in [1.165, 1.54) is 6.92 Å². The van der Waals surface area contributed by atoms with E-state index >= 15 is 0 Å². The first-order valence-electron chi connectivity index (χ1n) is 3.58. The zero-order valence-corrected chi connectivity index (χ0v) is 7.17. The Labute approximate surface area is 77.9 Å². The molecule has 1 amide bonds. The summed E-state index contributed by atoms with van der Waals surface area (Å²) >= 11 is 0. The number of benzene rings is 1. The van der Waals surface area contributed by atoms with Crippen LogP contribution in [-0.2, 0) is 0 Å². The van der Waals surface area contributed by atoms with Crippen molar-refractivity contribution in [2.75, 3.05) is 0 Å². The number of aryl methyl sites for hydroxylation is 1. The van der Waals surface area contributed by atoms with E-state index in [4.69, 9.17) is 5.11 Å². The van der Waals surface area contributed by atoms with Crippen molar-refractivity contribution in [2.45, 2.75) is 6.92 Å². The first-order valence-corrected chi connectivity index (χ1v) is 3.58. The van der Waals surface area contributed by atoms with Crippen LogP contribution in [0, 0.1) is 18.6 Å². The molecular weight excluding hydrogens is 196 g/mol. The monoisotopic (exact) mass is 203 g/mol. The highest BCUT2D eigenvalue weighted by atomic mass is 19.2. The SMILES string of the molecule is Cc1cc(OC(N)=O)c(F)c(F)c1O. The van der Waals surface area contributed by atoms with Gasteiger partial charge in [0.1, 0.15) is 0 Å². The Balaban J connectivity index is 3.25. The molecule has 0 fully saturated rings. The Morgan fingerprint density at radius 3 is 2.57 bits per heavy atom. The number of phenols is 1. The summed E-state index contributed by atoms with van der Waals surface area (Å²) in [5.41, 5.74) is 4.66. The smallest absolute Gasteiger partial charge is 0.410 e. The molecule has 0 aliphatic carbocycles. The minimum Gasteiger partial charge on any atom is -0.505 e. The second-order valence-corrected chi connectivity index (χ2v) is 2.59. The van der Waals surface area contributed by atoms with E-state index in [-0.39, 0.29) is 5.56 Å². The average Bonchev–Trinajstić information content (AvgIpc) is 2.10. The van der Waals surface area contributed by atoms with Gasteiger partial charge in [0.25, 0.3) is 0 Å². The van der Waals surface area contributed by atoms with E-state index < -0.39 is 29.2 Å². The van der Waals surface area contributed by atoms with Crippen LogP contribution in [0.4, 0.5) is 13.6 Å². The number of halogens is 2. The maximum atomic E-state index is 12.9. The van der Waals surface area contributed by atoms with Crippen LogP contribution < -0.4 is 10.5 Å². The van der Waals surface area contributed by atoms with Gasteiger partial charge in [-0.1, -0.05) is 0 Å². The molecule has 0 spiro atoms. The number of aromatic hydroxyl groups is 1. The second-order valence-electron chi connectivity index (χ2n) is 2.59. The first kappa shape index (κ1) is 10.2. The maximum absolute atomic E-state index is 12.9. The molecule has 0 saturated carbocycles. The quantitative estimate of drug-likeness (QED) is 0.725. The van der Waals surface area contributed by atoms with Gasteiger partial charge in [0.2, 0.25) is 11.6 Å². The number of carbonyl (C=O) groups excluding carboxylic acids is 1. The molecule has 0 aliphatic rings. The minimum absolute atomic E-state index is 0.0418. The Bertz CT molecular complexity index is 393. The number of carbonyl (C=O) groups is 1. The van der Waals surface area contributed by atoms with Crippen LogP contribution in [-0.4, -0.2) is 11.2 Å². The molecule has 76 valence electrons. The molecule has 0 radical (unpaired) electrons. The van der Waals surface area contributed by atoms with E-state index in [1.54, 1.807) is 0 Å². The summed E-state index contributed by atoms with van der Waals surface area (Å²) in [4.78, 5) is 10.3. The van der Waals surface area contributed by atoms with Crippen molar-refractivity contribution < 1.29 is 23.4 Å². The average molecular weight is 203 g/mol. The van der Waals surface area contributed by atoms with Gasteiger partial charge in [0, 0.05) is 0 Å². The maximum Gasteiger partial charge on any atom is 0.410 e. The summed E-state index contributed by atoms with van der Waals surface area (Å²) in [6, 6.07) is 0.971. The molecule has 4 nitrogen and oxygen atoms in total. The summed E-state index contributed by atoms with van der Waals surface area (Å²) in [5, 5.41) is 8.96. The summed E-state index contributed by atoms with van der Waals surface area (Å²) in [6.45, 7) is 1.33. The molecule has 1 aromatic rings. The highest BCUT2D eigenvalue weighted by Crippen LogP contribution is 2.30. The van der Waals surface area contributed by atoms with Crippen molar-refractivity contribution in [3.8, 4) is 11.5 Å². The summed E-state index contributed by atoms with van der Waals surface area (Å²) in [5.74, 6) is -4.39. The number of nitrogens with two attached hydrogens (primary N) is 1. The van der Waals surface area contributed by atoms with E-state index in [0.717, 1.165) is 6.07 Å². The van der Waals surface area contributed by atoms with E-state index in [9.17, 15) is 13.6 Å². The second kappa shape index (κ2) is 3.49. The van der Waals surface area contributed by atoms with Crippen molar-refractivity contribution in [3.63, 3.8) is 0 Å². The van der Waals surface area contributed by atoms with E-state index in [0.29, 0.717) is 0 Å². The number of ether oxygens (including phenoxy) is 1. The lowest BCUT2D eigenvalue weighted by Crippen LogP contribution is -2.17. The van der Waals surface area contributed by atoms with Crippen molar-refractivity contribution in [1.82, 2.24) is 0 Å². The third-order valence-corrected chi connectivity index (χ3v) is 1.55. The number of primary amides is 1. The fraction of sp³-hybridized carbons (Fsp3) is 0.125. The Hall–Kier alpha value is -1.85. The van der Waals surface area contributed by atoms with Gasteiger partial charge in [-0.3, -0.25) is 0 Å². The van der Waals surface area contributed by atoms with Crippen LogP contribution >= 0.6 is 0 Å². The third kappa shape index (κ3) is 1.73. The van der Waals surface area contributed by atoms with Crippen LogP contribution in [0.1, 0.15) is 5.56 Å². The largest absolute Gasteiger partial charge is 0.505 e. The Kier molecular flexibility index (Phi) is 2.55. The van der Waals surface area contributed by atoms with Crippen LogP contribution in [0.2, 0.25) is 0 Å². The van der Waals surface area contributed by atoms with Crippen LogP contribution in [0.25, 0.3) is 0 Å². The fourth-order valence-corrected chi connectivity index (χ4v) is 0.896. The molecule has 0 aromatic heterocycles. The van der Waals surface area contributed by atoms with Crippen molar-refractivity contribution >= 4 is 6.09 Å². The molecule has 0 heterocycles. The lowest BCUT2D eigenvalue weighted by molar-refractivity contribution is 0.208. The van der Waals surface area contributed by atoms with Crippen molar-refractivity contribution in [3.05, 3.63) is 23.3 Å². The molecule has 1 rings (SSSR count). The van der Waals surface area contributed by atoms with Gasteiger partial charge in [0.15, 0.2) is 11.5 Å². The van der Waals surface area contributed by atoms with Gasteiger partial charge in [0.05, 0.1) is 0 Å². The molecular formula is C8H7F2NO3. The molecule has 14 heavy (non-hydrogen) atoms. The number of hydrogen-bond donors (Lipinski definition) is 2. The zero-order chi connectivity index (χ0) is 10.9. The summed E-state index contributed by atoms with van der Waals surface area (Å²) in [7, 11) is 0. The number of hydrogen-bond acceptors (Lipinski definition) is 3. The first-order chi connectivity index (χ1) is 6.43. The minimum atomic E-state index is -1.47. The molecule has 1 aromatic carbocycles. The van der Waals surface area contributed by atoms with Gasteiger partial charge >= 0.3 is 6.09 Å². The standard InChI is InChI=1S/C8H7F2NO3/c1-3-2-4(14-8(11)13)5(9)6(10)7(3)12/h2,12H,1H3,(H2,11,13). The highest BCUT2D eigenvalue weighted by molar-refractivity contribution is 5.68. The lowest BCUT2D eigenvalue weighted by atomic mass is 10.2. The van der Waals surface area contributed by atoms with Crippen LogP contribution in [0.5, 0.6) is 11.5 Å². The zero-order valence-electron chi connectivity index (χ0n) is 7.17. The predicted octanol–water partition coefficient (Wildman–Crippen LogP) is 1.44. The van der Waals surface area contributed by atoms with E-state index in [1.807, 2.05) is 0 Å². The molecule has 6 heteroatoms. The molecule has 0 saturated heterocycles. The summed E-state index contributed by atoms with van der Waals surface area (Å²) < 4.78 is 30.0.